The third-order valence-electron chi connectivity index (χ3n) is 2.36. The second kappa shape index (κ2) is 4.76. The maximum atomic E-state index is 11.2. The highest BCUT2D eigenvalue weighted by Gasteiger charge is 2.21. The molecule has 0 amide bonds. The zero-order valence-electron chi connectivity index (χ0n) is 8.67. The van der Waals surface area contributed by atoms with Gasteiger partial charge >= 0.3 is 0 Å². The standard InChI is InChI=1S/C9H14BrN3O2/c1-3-9(2,5-14)12-6-4-11-13-8(15)7(6)10/h4,14H,3,5H2,1-2H3,(H2,12,13,15). The average molecular weight is 276 g/mol. The molecule has 0 aliphatic rings. The van der Waals surface area contributed by atoms with E-state index in [1.807, 2.05) is 13.8 Å². The molecule has 0 aliphatic heterocycles. The molecule has 0 saturated heterocycles. The number of aromatic nitrogens is 2. The molecule has 0 bridgehead atoms. The van der Waals surface area contributed by atoms with Crippen molar-refractivity contribution in [2.75, 3.05) is 11.9 Å². The van der Waals surface area contributed by atoms with Gasteiger partial charge in [-0.2, -0.15) is 5.10 Å². The Morgan fingerprint density at radius 1 is 1.73 bits per heavy atom. The van der Waals surface area contributed by atoms with Crippen LogP contribution in [0.3, 0.4) is 0 Å². The number of nitrogens with zero attached hydrogens (tertiary/aromatic N) is 1. The van der Waals surface area contributed by atoms with E-state index in [1.165, 1.54) is 6.20 Å². The summed E-state index contributed by atoms with van der Waals surface area (Å²) >= 11 is 3.16. The maximum absolute atomic E-state index is 11.2. The lowest BCUT2D eigenvalue weighted by atomic mass is 10.0. The number of aromatic amines is 1. The van der Waals surface area contributed by atoms with Crippen LogP contribution in [0.15, 0.2) is 15.5 Å². The van der Waals surface area contributed by atoms with Crippen LogP contribution in [0.4, 0.5) is 5.69 Å². The number of H-pyrrole nitrogens is 1. The van der Waals surface area contributed by atoms with Gasteiger partial charge in [-0.25, -0.2) is 5.10 Å². The molecule has 1 unspecified atom stereocenters. The summed E-state index contributed by atoms with van der Waals surface area (Å²) in [6, 6.07) is 0. The molecule has 1 rings (SSSR count). The molecule has 1 heterocycles. The zero-order valence-corrected chi connectivity index (χ0v) is 10.3. The Kier molecular flexibility index (Phi) is 3.87. The van der Waals surface area contributed by atoms with Gasteiger partial charge in [-0.05, 0) is 29.3 Å². The van der Waals surface area contributed by atoms with E-state index in [0.717, 1.165) is 6.42 Å². The second-order valence-corrected chi connectivity index (χ2v) is 4.42. The van der Waals surface area contributed by atoms with Crippen LogP contribution < -0.4 is 10.9 Å². The number of nitrogens with one attached hydrogen (secondary N) is 2. The van der Waals surface area contributed by atoms with Crippen LogP contribution in [0.2, 0.25) is 0 Å². The Morgan fingerprint density at radius 2 is 2.40 bits per heavy atom. The third-order valence-corrected chi connectivity index (χ3v) is 3.15. The average Bonchev–Trinajstić information content (AvgIpc) is 2.25. The van der Waals surface area contributed by atoms with Gasteiger partial charge in [0.2, 0.25) is 0 Å². The Morgan fingerprint density at radius 3 is 2.93 bits per heavy atom. The zero-order chi connectivity index (χ0) is 11.5. The van der Waals surface area contributed by atoms with Crippen LogP contribution in [0.25, 0.3) is 0 Å². The van der Waals surface area contributed by atoms with Crippen LogP contribution in [-0.4, -0.2) is 27.4 Å². The first kappa shape index (κ1) is 12.2. The van der Waals surface area contributed by atoms with Crippen molar-refractivity contribution in [2.24, 2.45) is 0 Å². The Bertz CT molecular complexity index is 387. The number of anilines is 1. The van der Waals surface area contributed by atoms with Crippen molar-refractivity contribution in [1.29, 1.82) is 0 Å². The minimum absolute atomic E-state index is 0.0112. The molecule has 0 aliphatic carbocycles. The third kappa shape index (κ3) is 2.79. The van der Waals surface area contributed by atoms with Crippen LogP contribution in [0.1, 0.15) is 20.3 Å². The lowest BCUT2D eigenvalue weighted by molar-refractivity contribution is 0.219. The summed E-state index contributed by atoms with van der Waals surface area (Å²) in [6.45, 7) is 3.82. The number of aliphatic hydroxyl groups excluding tert-OH is 1. The quantitative estimate of drug-likeness (QED) is 0.769. The Labute approximate surface area is 96.0 Å². The van der Waals surface area contributed by atoms with Gasteiger partial charge in [-0.1, -0.05) is 6.92 Å². The molecule has 1 atom stereocenters. The summed E-state index contributed by atoms with van der Waals surface area (Å²) < 4.78 is 0.394. The minimum Gasteiger partial charge on any atom is -0.394 e. The molecule has 84 valence electrons. The van der Waals surface area contributed by atoms with Crippen molar-refractivity contribution in [2.45, 2.75) is 25.8 Å². The molecule has 0 fully saturated rings. The largest absolute Gasteiger partial charge is 0.394 e. The molecule has 0 aromatic carbocycles. The Hall–Kier alpha value is -0.880. The fraction of sp³-hybridized carbons (Fsp3) is 0.556. The highest BCUT2D eigenvalue weighted by molar-refractivity contribution is 9.10. The normalized spacial score (nSPS) is 14.7. The summed E-state index contributed by atoms with van der Waals surface area (Å²) in [4.78, 5) is 11.2. The molecule has 5 nitrogen and oxygen atoms in total. The van der Waals surface area contributed by atoms with Crippen molar-refractivity contribution < 1.29 is 5.11 Å². The summed E-state index contributed by atoms with van der Waals surface area (Å²) in [5, 5.41) is 18.3. The summed E-state index contributed by atoms with van der Waals surface area (Å²) in [5.41, 5.74) is -0.161. The van der Waals surface area contributed by atoms with Crippen LogP contribution in [0, 0.1) is 0 Å². The topological polar surface area (TPSA) is 78.0 Å². The number of hydrogen-bond donors (Lipinski definition) is 3. The first-order chi connectivity index (χ1) is 7.02. The van der Waals surface area contributed by atoms with Crippen molar-refractivity contribution in [3.63, 3.8) is 0 Å². The summed E-state index contributed by atoms with van der Waals surface area (Å²) in [7, 11) is 0. The molecule has 0 radical (unpaired) electrons. The van der Waals surface area contributed by atoms with Crippen molar-refractivity contribution >= 4 is 21.6 Å². The molecule has 0 saturated carbocycles. The van der Waals surface area contributed by atoms with E-state index >= 15 is 0 Å². The first-order valence-corrected chi connectivity index (χ1v) is 5.44. The van der Waals surface area contributed by atoms with E-state index in [-0.39, 0.29) is 12.2 Å². The van der Waals surface area contributed by atoms with Crippen LogP contribution in [0.5, 0.6) is 0 Å². The molecule has 1 aromatic heterocycles. The van der Waals surface area contributed by atoms with Gasteiger partial charge in [0.15, 0.2) is 0 Å². The highest BCUT2D eigenvalue weighted by atomic mass is 79.9. The maximum Gasteiger partial charge on any atom is 0.280 e. The second-order valence-electron chi connectivity index (χ2n) is 3.62. The number of aliphatic hydroxyl groups is 1. The lowest BCUT2D eigenvalue weighted by Crippen LogP contribution is -2.38. The molecule has 0 spiro atoms. The first-order valence-electron chi connectivity index (χ1n) is 4.64. The van der Waals surface area contributed by atoms with Crippen LogP contribution in [-0.2, 0) is 0 Å². The number of halogens is 1. The van der Waals surface area contributed by atoms with Gasteiger partial charge < -0.3 is 10.4 Å². The molecular weight excluding hydrogens is 262 g/mol. The van der Waals surface area contributed by atoms with E-state index in [9.17, 15) is 9.90 Å². The van der Waals surface area contributed by atoms with Gasteiger partial charge in [-0.15, -0.1) is 0 Å². The van der Waals surface area contributed by atoms with Gasteiger partial charge in [0, 0.05) is 0 Å². The van der Waals surface area contributed by atoms with E-state index in [2.05, 4.69) is 31.4 Å². The fourth-order valence-corrected chi connectivity index (χ4v) is 1.33. The minimum atomic E-state index is -0.446. The van der Waals surface area contributed by atoms with E-state index in [1.54, 1.807) is 0 Å². The molecular formula is C9H14BrN3O2. The smallest absolute Gasteiger partial charge is 0.280 e. The van der Waals surface area contributed by atoms with E-state index in [0.29, 0.717) is 10.2 Å². The van der Waals surface area contributed by atoms with Crippen LogP contribution >= 0.6 is 15.9 Å². The van der Waals surface area contributed by atoms with Gasteiger partial charge in [0.25, 0.3) is 5.56 Å². The number of rotatable bonds is 4. The highest BCUT2D eigenvalue weighted by Crippen LogP contribution is 2.22. The lowest BCUT2D eigenvalue weighted by Gasteiger charge is -2.28. The summed E-state index contributed by atoms with van der Waals surface area (Å²) in [5.74, 6) is 0. The molecule has 6 heteroatoms. The Balaban J connectivity index is 2.99. The monoisotopic (exact) mass is 275 g/mol. The van der Waals surface area contributed by atoms with Gasteiger partial charge in [-0.3, -0.25) is 4.79 Å². The fourth-order valence-electron chi connectivity index (χ4n) is 1.04. The molecule has 3 N–H and O–H groups in total. The number of hydrogen-bond acceptors (Lipinski definition) is 4. The SMILES string of the molecule is CCC(C)(CO)Nc1cn[nH]c(=O)c1Br. The molecule has 15 heavy (non-hydrogen) atoms. The van der Waals surface area contributed by atoms with Crippen molar-refractivity contribution in [3.05, 3.63) is 21.0 Å². The van der Waals surface area contributed by atoms with E-state index in [4.69, 9.17) is 0 Å². The summed E-state index contributed by atoms with van der Waals surface area (Å²) in [6.07, 6.45) is 2.25. The predicted octanol–water partition coefficient (Wildman–Crippen LogP) is 1.11. The van der Waals surface area contributed by atoms with Gasteiger partial charge in [0.05, 0.1) is 24.0 Å². The van der Waals surface area contributed by atoms with Gasteiger partial charge in [0.1, 0.15) is 4.47 Å². The predicted molar refractivity (Wildman–Crippen MR) is 62.0 cm³/mol. The van der Waals surface area contributed by atoms with Crippen molar-refractivity contribution in [1.82, 2.24) is 10.2 Å². The van der Waals surface area contributed by atoms with E-state index < -0.39 is 5.54 Å². The van der Waals surface area contributed by atoms with Crippen molar-refractivity contribution in [3.8, 4) is 0 Å². The molecule has 1 aromatic rings.